The molecule has 0 aromatic heterocycles. The molecule has 1 heterocycles. The van der Waals surface area contributed by atoms with E-state index < -0.39 is 0 Å². The molecule has 3 N–H and O–H groups in total. The lowest BCUT2D eigenvalue weighted by Gasteiger charge is -2.32. The van der Waals surface area contributed by atoms with Gasteiger partial charge in [-0.2, -0.15) is 0 Å². The van der Waals surface area contributed by atoms with E-state index in [0.29, 0.717) is 6.54 Å². The van der Waals surface area contributed by atoms with Crippen molar-refractivity contribution in [1.29, 1.82) is 0 Å². The van der Waals surface area contributed by atoms with Crippen molar-refractivity contribution in [2.24, 2.45) is 0 Å². The number of aliphatic hydroxyl groups is 1. The molecule has 0 spiro atoms. The SMILES string of the molecule is CC(CO)NC(=O)C1CNCCN1C. The van der Waals surface area contributed by atoms with Gasteiger partial charge in [0.25, 0.3) is 0 Å². The molecule has 0 aliphatic carbocycles. The maximum Gasteiger partial charge on any atom is 0.238 e. The van der Waals surface area contributed by atoms with Crippen LogP contribution in [0, 0.1) is 0 Å². The van der Waals surface area contributed by atoms with Gasteiger partial charge in [-0.3, -0.25) is 9.69 Å². The highest BCUT2D eigenvalue weighted by atomic mass is 16.3. The van der Waals surface area contributed by atoms with E-state index in [0.717, 1.165) is 13.1 Å². The zero-order valence-electron chi connectivity index (χ0n) is 8.79. The van der Waals surface area contributed by atoms with Crippen LogP contribution in [0.25, 0.3) is 0 Å². The van der Waals surface area contributed by atoms with Gasteiger partial charge < -0.3 is 15.7 Å². The van der Waals surface area contributed by atoms with E-state index in [1.807, 2.05) is 11.9 Å². The zero-order valence-corrected chi connectivity index (χ0v) is 8.79. The molecular formula is C9H19N3O2. The summed E-state index contributed by atoms with van der Waals surface area (Å²) in [5.74, 6) is -0.0127. The van der Waals surface area contributed by atoms with Gasteiger partial charge in [-0.15, -0.1) is 0 Å². The van der Waals surface area contributed by atoms with Crippen LogP contribution in [0.5, 0.6) is 0 Å². The quantitative estimate of drug-likeness (QED) is 0.514. The Balaban J connectivity index is 2.42. The average Bonchev–Trinajstić information content (AvgIpc) is 2.18. The third-order valence-electron chi connectivity index (χ3n) is 2.48. The minimum absolute atomic E-state index is 0.0127. The fourth-order valence-electron chi connectivity index (χ4n) is 1.48. The zero-order chi connectivity index (χ0) is 10.6. The standard InChI is InChI=1S/C9H19N3O2/c1-7(6-13)11-9(14)8-5-10-3-4-12(8)2/h7-8,10,13H,3-6H2,1-2H3,(H,11,14). The molecule has 1 saturated heterocycles. The lowest BCUT2D eigenvalue weighted by Crippen LogP contribution is -2.57. The van der Waals surface area contributed by atoms with Crippen LogP contribution in [0.3, 0.4) is 0 Å². The molecule has 0 saturated carbocycles. The molecule has 5 nitrogen and oxygen atoms in total. The molecule has 0 bridgehead atoms. The first kappa shape index (κ1) is 11.4. The molecular weight excluding hydrogens is 182 g/mol. The molecule has 2 unspecified atom stereocenters. The molecule has 1 fully saturated rings. The highest BCUT2D eigenvalue weighted by Crippen LogP contribution is 2.00. The Bertz CT molecular complexity index is 198. The summed E-state index contributed by atoms with van der Waals surface area (Å²) >= 11 is 0. The summed E-state index contributed by atoms with van der Waals surface area (Å²) in [4.78, 5) is 13.7. The molecule has 0 aromatic carbocycles. The largest absolute Gasteiger partial charge is 0.394 e. The first-order valence-corrected chi connectivity index (χ1v) is 4.97. The van der Waals surface area contributed by atoms with Gasteiger partial charge in [-0.1, -0.05) is 0 Å². The molecule has 0 radical (unpaired) electrons. The maximum atomic E-state index is 11.7. The van der Waals surface area contributed by atoms with Crippen molar-refractivity contribution in [2.45, 2.75) is 19.0 Å². The van der Waals surface area contributed by atoms with E-state index in [1.165, 1.54) is 0 Å². The molecule has 0 aromatic rings. The van der Waals surface area contributed by atoms with E-state index >= 15 is 0 Å². The van der Waals surface area contributed by atoms with Crippen molar-refractivity contribution in [2.75, 3.05) is 33.3 Å². The maximum absolute atomic E-state index is 11.7. The van der Waals surface area contributed by atoms with Gasteiger partial charge in [0, 0.05) is 25.7 Å². The third-order valence-corrected chi connectivity index (χ3v) is 2.48. The Morgan fingerprint density at radius 3 is 3.07 bits per heavy atom. The number of rotatable bonds is 3. The topological polar surface area (TPSA) is 64.6 Å². The van der Waals surface area contributed by atoms with E-state index in [4.69, 9.17) is 5.11 Å². The lowest BCUT2D eigenvalue weighted by molar-refractivity contribution is -0.127. The number of likely N-dealkylation sites (N-methyl/N-ethyl adjacent to an activating group) is 1. The molecule has 5 heteroatoms. The smallest absolute Gasteiger partial charge is 0.238 e. The van der Waals surface area contributed by atoms with Gasteiger partial charge >= 0.3 is 0 Å². The van der Waals surface area contributed by atoms with Crippen LogP contribution >= 0.6 is 0 Å². The van der Waals surface area contributed by atoms with E-state index in [-0.39, 0.29) is 24.6 Å². The predicted molar refractivity (Wildman–Crippen MR) is 54.0 cm³/mol. The van der Waals surface area contributed by atoms with Gasteiger partial charge in [0.2, 0.25) is 5.91 Å². The second-order valence-electron chi connectivity index (χ2n) is 3.79. The summed E-state index contributed by atoms with van der Waals surface area (Å²) in [6.45, 7) is 4.26. The Kier molecular flexibility index (Phi) is 4.31. The van der Waals surface area contributed by atoms with Crippen LogP contribution in [0.15, 0.2) is 0 Å². The minimum atomic E-state index is -0.169. The molecule has 1 amide bonds. The van der Waals surface area contributed by atoms with Crippen molar-refractivity contribution in [3.05, 3.63) is 0 Å². The lowest BCUT2D eigenvalue weighted by atomic mass is 10.2. The summed E-state index contributed by atoms with van der Waals surface area (Å²) < 4.78 is 0. The van der Waals surface area contributed by atoms with Gasteiger partial charge in [0.05, 0.1) is 6.61 Å². The molecule has 1 rings (SSSR count). The summed E-state index contributed by atoms with van der Waals surface area (Å²) in [6, 6.07) is -0.282. The van der Waals surface area contributed by atoms with Gasteiger partial charge in [-0.25, -0.2) is 0 Å². The second kappa shape index (κ2) is 5.29. The van der Waals surface area contributed by atoms with Crippen LogP contribution in [-0.4, -0.2) is 61.3 Å². The number of nitrogens with one attached hydrogen (secondary N) is 2. The van der Waals surface area contributed by atoms with Crippen molar-refractivity contribution in [3.63, 3.8) is 0 Å². The first-order chi connectivity index (χ1) is 6.65. The van der Waals surface area contributed by atoms with Gasteiger partial charge in [0.15, 0.2) is 0 Å². The number of amides is 1. The van der Waals surface area contributed by atoms with E-state index in [1.54, 1.807) is 6.92 Å². The molecule has 2 atom stereocenters. The molecule has 82 valence electrons. The van der Waals surface area contributed by atoms with E-state index in [9.17, 15) is 4.79 Å². The Hall–Kier alpha value is -0.650. The average molecular weight is 201 g/mol. The minimum Gasteiger partial charge on any atom is -0.394 e. The monoisotopic (exact) mass is 201 g/mol. The van der Waals surface area contributed by atoms with Gasteiger partial charge in [-0.05, 0) is 14.0 Å². The summed E-state index contributed by atoms with van der Waals surface area (Å²) in [6.07, 6.45) is 0. The van der Waals surface area contributed by atoms with Crippen LogP contribution < -0.4 is 10.6 Å². The Labute approximate surface area is 84.5 Å². The molecule has 1 aliphatic rings. The Morgan fingerprint density at radius 2 is 2.50 bits per heavy atom. The van der Waals surface area contributed by atoms with Crippen molar-refractivity contribution in [1.82, 2.24) is 15.5 Å². The van der Waals surface area contributed by atoms with Crippen LogP contribution in [0.2, 0.25) is 0 Å². The molecule has 1 aliphatic heterocycles. The first-order valence-electron chi connectivity index (χ1n) is 4.97. The van der Waals surface area contributed by atoms with Crippen LogP contribution in [0.1, 0.15) is 6.92 Å². The summed E-state index contributed by atoms with van der Waals surface area (Å²) in [5.41, 5.74) is 0. The summed E-state index contributed by atoms with van der Waals surface area (Å²) in [5, 5.41) is 14.7. The number of hydrogen-bond donors (Lipinski definition) is 3. The number of carbonyl (C=O) groups excluding carboxylic acids is 1. The van der Waals surface area contributed by atoms with E-state index in [2.05, 4.69) is 10.6 Å². The number of carbonyl (C=O) groups is 1. The van der Waals surface area contributed by atoms with Crippen molar-refractivity contribution in [3.8, 4) is 0 Å². The number of aliphatic hydroxyl groups excluding tert-OH is 1. The fraction of sp³-hybridized carbons (Fsp3) is 0.889. The van der Waals surface area contributed by atoms with Gasteiger partial charge in [0.1, 0.15) is 6.04 Å². The van der Waals surface area contributed by atoms with Crippen LogP contribution in [-0.2, 0) is 4.79 Å². The third kappa shape index (κ3) is 2.94. The molecule has 14 heavy (non-hydrogen) atoms. The van der Waals surface area contributed by atoms with Crippen LogP contribution in [0.4, 0.5) is 0 Å². The number of nitrogens with zero attached hydrogens (tertiary/aromatic N) is 1. The Morgan fingerprint density at radius 1 is 1.79 bits per heavy atom. The predicted octanol–water partition coefficient (Wildman–Crippen LogP) is -1.61. The van der Waals surface area contributed by atoms with Crippen molar-refractivity contribution < 1.29 is 9.90 Å². The summed E-state index contributed by atoms with van der Waals surface area (Å²) in [7, 11) is 1.94. The normalized spacial score (nSPS) is 25.8. The second-order valence-corrected chi connectivity index (χ2v) is 3.79. The highest BCUT2D eigenvalue weighted by Gasteiger charge is 2.26. The highest BCUT2D eigenvalue weighted by molar-refractivity contribution is 5.82. The fourth-order valence-corrected chi connectivity index (χ4v) is 1.48. The number of hydrogen-bond acceptors (Lipinski definition) is 4. The van der Waals surface area contributed by atoms with Crippen molar-refractivity contribution >= 4 is 5.91 Å². The number of piperazine rings is 1.